The Balaban J connectivity index is 1.90. The second kappa shape index (κ2) is 4.44. The Bertz CT molecular complexity index is 348. The molecule has 0 spiro atoms. The van der Waals surface area contributed by atoms with Gasteiger partial charge in [0.05, 0.1) is 0 Å². The maximum Gasteiger partial charge on any atom is 0.246 e. The number of methoxy groups -OCH3 is 1. The topological polar surface area (TPSA) is 56.1 Å². The van der Waals surface area contributed by atoms with Crippen LogP contribution in [0.2, 0.25) is 0 Å². The number of ether oxygens (including phenoxy) is 1. The van der Waals surface area contributed by atoms with Crippen molar-refractivity contribution in [1.29, 1.82) is 0 Å². The summed E-state index contributed by atoms with van der Waals surface area (Å²) in [6.45, 7) is 0.943. The highest BCUT2D eigenvalue weighted by Crippen LogP contribution is 2.12. The SMILES string of the molecule is COCC(=O)N[C@@H]1CCc2nccn2C1. The summed E-state index contributed by atoms with van der Waals surface area (Å²) in [4.78, 5) is 15.5. The fourth-order valence-electron chi connectivity index (χ4n) is 1.88. The molecule has 2 heterocycles. The molecule has 0 bridgehead atoms. The van der Waals surface area contributed by atoms with Crippen molar-refractivity contribution in [3.8, 4) is 0 Å². The number of hydrogen-bond acceptors (Lipinski definition) is 3. The molecule has 0 fully saturated rings. The average Bonchev–Trinajstić information content (AvgIpc) is 2.65. The summed E-state index contributed by atoms with van der Waals surface area (Å²) in [6, 6.07) is 0.203. The molecule has 2 rings (SSSR count). The number of rotatable bonds is 3. The van der Waals surface area contributed by atoms with Gasteiger partial charge >= 0.3 is 0 Å². The van der Waals surface area contributed by atoms with Gasteiger partial charge in [0.2, 0.25) is 5.91 Å². The summed E-state index contributed by atoms with van der Waals surface area (Å²) in [6.07, 6.45) is 5.62. The summed E-state index contributed by atoms with van der Waals surface area (Å²) < 4.78 is 6.85. The van der Waals surface area contributed by atoms with Crippen LogP contribution >= 0.6 is 0 Å². The molecule has 1 amide bonds. The quantitative estimate of drug-likeness (QED) is 0.760. The van der Waals surface area contributed by atoms with E-state index in [2.05, 4.69) is 14.9 Å². The third-order valence-corrected chi connectivity index (χ3v) is 2.58. The molecule has 5 heteroatoms. The van der Waals surface area contributed by atoms with Crippen molar-refractivity contribution in [3.63, 3.8) is 0 Å². The zero-order chi connectivity index (χ0) is 10.7. The molecular weight excluding hydrogens is 194 g/mol. The van der Waals surface area contributed by atoms with Crippen molar-refractivity contribution >= 4 is 5.91 Å². The van der Waals surface area contributed by atoms with Gasteiger partial charge in [0.1, 0.15) is 12.4 Å². The highest BCUT2D eigenvalue weighted by Gasteiger charge is 2.19. The molecule has 0 radical (unpaired) electrons. The number of amides is 1. The lowest BCUT2D eigenvalue weighted by Gasteiger charge is -2.24. The van der Waals surface area contributed by atoms with Crippen LogP contribution in [-0.2, 0) is 22.5 Å². The molecule has 0 saturated carbocycles. The minimum Gasteiger partial charge on any atom is -0.375 e. The number of nitrogens with zero attached hydrogens (tertiary/aromatic N) is 2. The van der Waals surface area contributed by atoms with Gasteiger partial charge in [0.15, 0.2) is 0 Å². The Hall–Kier alpha value is -1.36. The Morgan fingerprint density at radius 3 is 3.47 bits per heavy atom. The van der Waals surface area contributed by atoms with Crippen LogP contribution in [0.3, 0.4) is 0 Å². The zero-order valence-corrected chi connectivity index (χ0v) is 8.77. The smallest absolute Gasteiger partial charge is 0.246 e. The molecule has 1 aliphatic rings. The monoisotopic (exact) mass is 209 g/mol. The molecule has 1 aromatic heterocycles. The average molecular weight is 209 g/mol. The maximum atomic E-state index is 11.3. The van der Waals surface area contributed by atoms with E-state index in [1.165, 1.54) is 7.11 Å². The number of hydrogen-bond donors (Lipinski definition) is 1. The van der Waals surface area contributed by atoms with Crippen molar-refractivity contribution in [3.05, 3.63) is 18.2 Å². The van der Waals surface area contributed by atoms with E-state index < -0.39 is 0 Å². The molecular formula is C10H15N3O2. The van der Waals surface area contributed by atoms with Gasteiger partial charge in [-0.05, 0) is 6.42 Å². The second-order valence-electron chi connectivity index (χ2n) is 3.73. The number of fused-ring (bicyclic) bond motifs is 1. The van der Waals surface area contributed by atoms with E-state index in [-0.39, 0.29) is 18.6 Å². The van der Waals surface area contributed by atoms with Crippen LogP contribution < -0.4 is 5.32 Å². The van der Waals surface area contributed by atoms with E-state index in [9.17, 15) is 4.79 Å². The Labute approximate surface area is 88.4 Å². The van der Waals surface area contributed by atoms with E-state index in [0.717, 1.165) is 25.2 Å². The first-order valence-corrected chi connectivity index (χ1v) is 5.08. The van der Waals surface area contributed by atoms with Gasteiger partial charge in [0.25, 0.3) is 0 Å². The summed E-state index contributed by atoms with van der Waals surface area (Å²) in [5, 5.41) is 2.94. The molecule has 1 aliphatic heterocycles. The summed E-state index contributed by atoms with van der Waals surface area (Å²) in [5.74, 6) is 1.05. The van der Waals surface area contributed by atoms with Gasteiger partial charge in [-0.3, -0.25) is 4.79 Å². The standard InChI is InChI=1S/C10H15N3O2/c1-15-7-10(14)12-8-2-3-9-11-4-5-13(9)6-8/h4-5,8H,2-3,6-7H2,1H3,(H,12,14)/t8-/m1/s1. The normalized spacial score (nSPS) is 19.7. The van der Waals surface area contributed by atoms with Crippen LogP contribution in [0.4, 0.5) is 0 Å². The van der Waals surface area contributed by atoms with Crippen LogP contribution in [0, 0.1) is 0 Å². The Morgan fingerprint density at radius 1 is 1.80 bits per heavy atom. The fourth-order valence-corrected chi connectivity index (χ4v) is 1.88. The minimum atomic E-state index is -0.0499. The first-order chi connectivity index (χ1) is 7.29. The number of carbonyl (C=O) groups excluding carboxylic acids is 1. The maximum absolute atomic E-state index is 11.3. The largest absolute Gasteiger partial charge is 0.375 e. The lowest BCUT2D eigenvalue weighted by Crippen LogP contribution is -2.42. The summed E-state index contributed by atoms with van der Waals surface area (Å²) in [5.41, 5.74) is 0. The predicted octanol–water partition coefficient (Wildman–Crippen LogP) is -0.0395. The van der Waals surface area contributed by atoms with Crippen molar-refractivity contribution < 1.29 is 9.53 Å². The van der Waals surface area contributed by atoms with Gasteiger partial charge in [0, 0.05) is 38.5 Å². The van der Waals surface area contributed by atoms with Crippen molar-refractivity contribution in [2.75, 3.05) is 13.7 Å². The van der Waals surface area contributed by atoms with Crippen LogP contribution in [-0.4, -0.2) is 35.2 Å². The van der Waals surface area contributed by atoms with Crippen molar-refractivity contribution in [2.24, 2.45) is 0 Å². The summed E-state index contributed by atoms with van der Waals surface area (Å²) >= 11 is 0. The molecule has 0 aromatic carbocycles. The molecule has 0 aliphatic carbocycles. The van der Waals surface area contributed by atoms with Crippen LogP contribution in [0.25, 0.3) is 0 Å². The molecule has 5 nitrogen and oxygen atoms in total. The number of carbonyl (C=O) groups is 1. The molecule has 1 aromatic rings. The number of aromatic nitrogens is 2. The molecule has 82 valence electrons. The fraction of sp³-hybridized carbons (Fsp3) is 0.600. The Kier molecular flexibility index (Phi) is 3.01. The third-order valence-electron chi connectivity index (χ3n) is 2.58. The predicted molar refractivity (Wildman–Crippen MR) is 54.4 cm³/mol. The van der Waals surface area contributed by atoms with E-state index in [4.69, 9.17) is 4.74 Å². The highest BCUT2D eigenvalue weighted by atomic mass is 16.5. The van der Waals surface area contributed by atoms with Crippen molar-refractivity contribution in [1.82, 2.24) is 14.9 Å². The van der Waals surface area contributed by atoms with Crippen LogP contribution in [0.15, 0.2) is 12.4 Å². The van der Waals surface area contributed by atoms with Crippen molar-refractivity contribution in [2.45, 2.75) is 25.4 Å². The van der Waals surface area contributed by atoms with Gasteiger partial charge in [-0.25, -0.2) is 4.98 Å². The molecule has 0 saturated heterocycles. The molecule has 15 heavy (non-hydrogen) atoms. The van der Waals surface area contributed by atoms with Gasteiger partial charge < -0.3 is 14.6 Å². The first kappa shape index (κ1) is 10.2. The zero-order valence-electron chi connectivity index (χ0n) is 8.77. The van der Waals surface area contributed by atoms with E-state index >= 15 is 0 Å². The van der Waals surface area contributed by atoms with Crippen LogP contribution in [0.1, 0.15) is 12.2 Å². The number of imidazole rings is 1. The Morgan fingerprint density at radius 2 is 2.67 bits per heavy atom. The lowest BCUT2D eigenvalue weighted by molar-refractivity contribution is -0.125. The minimum absolute atomic E-state index is 0.0499. The van der Waals surface area contributed by atoms with Crippen LogP contribution in [0.5, 0.6) is 0 Å². The van der Waals surface area contributed by atoms with Gasteiger partial charge in [-0.1, -0.05) is 0 Å². The third kappa shape index (κ3) is 2.36. The number of aryl methyl sites for hydroxylation is 1. The van der Waals surface area contributed by atoms with E-state index in [1.54, 1.807) is 6.20 Å². The first-order valence-electron chi connectivity index (χ1n) is 5.08. The summed E-state index contributed by atoms with van der Waals surface area (Å²) in [7, 11) is 1.52. The lowest BCUT2D eigenvalue weighted by atomic mass is 10.1. The van der Waals surface area contributed by atoms with E-state index in [0.29, 0.717) is 0 Å². The van der Waals surface area contributed by atoms with E-state index in [1.807, 2.05) is 6.20 Å². The van der Waals surface area contributed by atoms with Gasteiger partial charge in [-0.15, -0.1) is 0 Å². The molecule has 1 atom stereocenters. The van der Waals surface area contributed by atoms with Gasteiger partial charge in [-0.2, -0.15) is 0 Å². The highest BCUT2D eigenvalue weighted by molar-refractivity contribution is 5.77. The number of nitrogens with one attached hydrogen (secondary N) is 1. The second-order valence-corrected chi connectivity index (χ2v) is 3.73. The molecule has 0 unspecified atom stereocenters. The molecule has 1 N–H and O–H groups in total.